The second-order valence-electron chi connectivity index (χ2n) is 9.80. The first kappa shape index (κ1) is 28.1. The summed E-state index contributed by atoms with van der Waals surface area (Å²) in [6, 6.07) is 11.4. The van der Waals surface area contributed by atoms with Crippen molar-refractivity contribution in [1.82, 2.24) is 40.3 Å². The minimum atomic E-state index is -0.631. The zero-order valence-electron chi connectivity index (χ0n) is 23.3. The van der Waals surface area contributed by atoms with E-state index >= 15 is 0 Å². The zero-order valence-corrected chi connectivity index (χ0v) is 23.3. The van der Waals surface area contributed by atoms with Gasteiger partial charge in [-0.05, 0) is 36.8 Å². The van der Waals surface area contributed by atoms with E-state index in [1.165, 1.54) is 24.7 Å². The lowest BCUT2D eigenvalue weighted by molar-refractivity contribution is -0.154. The Morgan fingerprint density at radius 2 is 1.93 bits per heavy atom. The molecular weight excluding hydrogens is 557 g/mol. The number of benzene rings is 1. The highest BCUT2D eigenvalue weighted by atomic mass is 19.1. The van der Waals surface area contributed by atoms with Crippen molar-refractivity contribution in [2.24, 2.45) is 0 Å². The number of nitrogens with zero attached hydrogens (tertiary/aromatic N) is 7. The molecule has 0 saturated carbocycles. The number of nitrogens with one attached hydrogen (secondary N) is 2. The van der Waals surface area contributed by atoms with E-state index in [-0.39, 0.29) is 0 Å². The van der Waals surface area contributed by atoms with E-state index in [0.717, 1.165) is 5.69 Å². The number of hydrogen-bond donors (Lipinski definition) is 2. The van der Waals surface area contributed by atoms with Crippen molar-refractivity contribution < 1.29 is 23.3 Å². The van der Waals surface area contributed by atoms with Crippen molar-refractivity contribution >= 4 is 11.8 Å². The summed E-state index contributed by atoms with van der Waals surface area (Å²) in [5.74, 6) is 0.293. The molecule has 0 bridgehead atoms. The number of pyridine rings is 1. The van der Waals surface area contributed by atoms with Gasteiger partial charge in [-0.1, -0.05) is 23.4 Å². The molecule has 0 unspecified atom stereocenters. The number of anilines is 1. The lowest BCUT2D eigenvalue weighted by atomic mass is 10.0. The van der Waals surface area contributed by atoms with Gasteiger partial charge in [0, 0.05) is 49.9 Å². The van der Waals surface area contributed by atoms with Crippen molar-refractivity contribution in [2.45, 2.75) is 19.1 Å². The lowest BCUT2D eigenvalue weighted by Crippen LogP contribution is -2.42. The molecule has 1 aliphatic heterocycles. The van der Waals surface area contributed by atoms with Gasteiger partial charge in [0.05, 0.1) is 30.1 Å². The summed E-state index contributed by atoms with van der Waals surface area (Å²) in [4.78, 5) is 32.1. The van der Waals surface area contributed by atoms with Gasteiger partial charge < -0.3 is 14.6 Å². The summed E-state index contributed by atoms with van der Waals surface area (Å²) < 4.78 is 25.7. The molecule has 1 aliphatic rings. The quantitative estimate of drug-likeness (QED) is 0.244. The van der Waals surface area contributed by atoms with Gasteiger partial charge in [0.1, 0.15) is 23.9 Å². The Bertz CT molecular complexity index is 1680. The van der Waals surface area contributed by atoms with E-state index < -0.39 is 24.1 Å². The third-order valence-corrected chi connectivity index (χ3v) is 6.94. The van der Waals surface area contributed by atoms with E-state index in [4.69, 9.17) is 19.2 Å². The van der Waals surface area contributed by atoms with Crippen LogP contribution >= 0.6 is 0 Å². The fourth-order valence-electron chi connectivity index (χ4n) is 4.84. The molecule has 2 atom stereocenters. The largest absolute Gasteiger partial charge is 0.383 e. The van der Waals surface area contributed by atoms with E-state index in [1.54, 1.807) is 35.3 Å². The molecule has 43 heavy (non-hydrogen) atoms. The van der Waals surface area contributed by atoms with Crippen molar-refractivity contribution in [2.75, 3.05) is 32.1 Å². The van der Waals surface area contributed by atoms with Gasteiger partial charge in [-0.3, -0.25) is 10.2 Å². The van der Waals surface area contributed by atoms with Crippen LogP contribution in [-0.2, 0) is 9.57 Å². The molecule has 14 heteroatoms. The topological polar surface area (TPSA) is 145 Å². The number of hydrogen-bond acceptors (Lipinski definition) is 10. The summed E-state index contributed by atoms with van der Waals surface area (Å²) in [5, 5.41) is 16.2. The maximum atomic E-state index is 14.0. The second kappa shape index (κ2) is 12.4. The molecule has 220 valence electrons. The Labute approximate surface area is 245 Å². The number of carbonyl (C=O) groups is 1. The van der Waals surface area contributed by atoms with Crippen LogP contribution in [0.25, 0.3) is 28.3 Å². The number of methoxy groups -OCH3 is 1. The average molecular weight is 586 g/mol. The lowest BCUT2D eigenvalue weighted by Gasteiger charge is -2.19. The monoisotopic (exact) mass is 585 g/mol. The van der Waals surface area contributed by atoms with Gasteiger partial charge in [-0.15, -0.1) is 0 Å². The first-order valence-corrected chi connectivity index (χ1v) is 13.5. The number of para-hydroxylation sites is 1. The highest BCUT2D eigenvalue weighted by molar-refractivity contribution is 5.91. The molecule has 2 N–H and O–H groups in total. The summed E-state index contributed by atoms with van der Waals surface area (Å²) in [6.07, 6.45) is 7.06. The highest BCUT2D eigenvalue weighted by Crippen LogP contribution is 2.32. The molecule has 6 rings (SSSR count). The number of ether oxygens (including phenoxy) is 1. The fourth-order valence-corrected chi connectivity index (χ4v) is 4.84. The summed E-state index contributed by atoms with van der Waals surface area (Å²) in [6.45, 7) is 3.13. The smallest absolute Gasteiger partial charge is 0.320 e. The number of hydroxylamine groups is 2. The van der Waals surface area contributed by atoms with Crippen LogP contribution in [0.3, 0.4) is 0 Å². The number of carbonyl (C=O) groups excluding carboxylic acids is 1. The summed E-state index contributed by atoms with van der Waals surface area (Å²) >= 11 is 0. The normalized spacial score (nSPS) is 16.8. The first-order valence-electron chi connectivity index (χ1n) is 13.5. The Morgan fingerprint density at radius 3 is 2.65 bits per heavy atom. The van der Waals surface area contributed by atoms with Gasteiger partial charge in [0.25, 0.3) is 0 Å². The average Bonchev–Trinajstić information content (AvgIpc) is 3.77. The molecular formula is C29H28FN9O4. The second-order valence-corrected chi connectivity index (χ2v) is 9.80. The van der Waals surface area contributed by atoms with Crippen LogP contribution < -0.4 is 10.6 Å². The van der Waals surface area contributed by atoms with E-state index in [9.17, 15) is 9.18 Å². The molecule has 1 fully saturated rings. The maximum Gasteiger partial charge on any atom is 0.320 e. The van der Waals surface area contributed by atoms with Crippen molar-refractivity contribution in [1.29, 1.82) is 0 Å². The highest BCUT2D eigenvalue weighted by Gasteiger charge is 2.37. The third-order valence-electron chi connectivity index (χ3n) is 6.94. The van der Waals surface area contributed by atoms with Crippen LogP contribution in [0.2, 0.25) is 0 Å². The van der Waals surface area contributed by atoms with Crippen molar-refractivity contribution in [3.63, 3.8) is 0 Å². The zero-order chi connectivity index (χ0) is 29.8. The number of halogens is 1. The standard InChI is InChI=1S/C29H28FN9O4/c1-18-25(20-13-32-27(33-14-20)21-15-34-42-17-21)37-39(22-6-4-3-5-7-22)28(18)36-29(40)35-23-16-38(10-11-41-2)43-26(23)19-8-9-31-24(30)12-19/h3-9,12-15,17,23,26H,10-11,16H2,1-2H3,(H2,35,36,40)/t23-,26+/m1/s1. The molecule has 0 aliphatic carbocycles. The van der Waals surface area contributed by atoms with Gasteiger partial charge in [0.15, 0.2) is 5.82 Å². The predicted molar refractivity (Wildman–Crippen MR) is 152 cm³/mol. The van der Waals surface area contributed by atoms with E-state index in [0.29, 0.717) is 59.3 Å². The Hall–Kier alpha value is -5.05. The number of aromatic nitrogens is 6. The van der Waals surface area contributed by atoms with Crippen LogP contribution in [0, 0.1) is 12.9 Å². The number of amides is 2. The maximum absolute atomic E-state index is 14.0. The molecule has 5 heterocycles. The molecule has 1 saturated heterocycles. The Balaban J connectivity index is 1.27. The van der Waals surface area contributed by atoms with Crippen LogP contribution in [0.15, 0.2) is 78.0 Å². The van der Waals surface area contributed by atoms with Crippen LogP contribution in [0.4, 0.5) is 15.0 Å². The summed E-state index contributed by atoms with van der Waals surface area (Å²) in [5.41, 5.74) is 3.91. The van der Waals surface area contributed by atoms with E-state index in [1.807, 2.05) is 37.3 Å². The van der Waals surface area contributed by atoms with Gasteiger partial charge in [-0.25, -0.2) is 24.4 Å². The van der Waals surface area contributed by atoms with Gasteiger partial charge in [-0.2, -0.15) is 14.6 Å². The fraction of sp³-hybridized carbons (Fsp3) is 0.241. The van der Waals surface area contributed by atoms with Gasteiger partial charge in [0.2, 0.25) is 5.95 Å². The number of rotatable bonds is 9. The van der Waals surface area contributed by atoms with Crippen LogP contribution in [0.5, 0.6) is 0 Å². The Morgan fingerprint density at radius 1 is 1.12 bits per heavy atom. The first-order chi connectivity index (χ1) is 21.0. The molecule has 13 nitrogen and oxygen atoms in total. The molecule has 2 amide bonds. The molecule has 4 aromatic heterocycles. The third kappa shape index (κ3) is 6.11. The van der Waals surface area contributed by atoms with Crippen LogP contribution in [-0.4, -0.2) is 73.8 Å². The molecule has 1 aromatic carbocycles. The number of urea groups is 1. The molecule has 0 spiro atoms. The minimum absolute atomic E-state index is 0.365. The van der Waals surface area contributed by atoms with Gasteiger partial charge >= 0.3 is 6.03 Å². The van der Waals surface area contributed by atoms with Crippen molar-refractivity contribution in [3.8, 4) is 28.3 Å². The Kier molecular flexibility index (Phi) is 8.13. The molecule has 5 aromatic rings. The van der Waals surface area contributed by atoms with Crippen molar-refractivity contribution in [3.05, 3.63) is 90.6 Å². The minimum Gasteiger partial charge on any atom is -0.383 e. The molecule has 0 radical (unpaired) electrons. The van der Waals surface area contributed by atoms with E-state index in [2.05, 4.69) is 30.7 Å². The van der Waals surface area contributed by atoms with Crippen LogP contribution in [0.1, 0.15) is 17.2 Å². The summed E-state index contributed by atoms with van der Waals surface area (Å²) in [7, 11) is 1.60. The predicted octanol–water partition coefficient (Wildman–Crippen LogP) is 3.95. The SMILES string of the molecule is COCCN1C[C@@H](NC(=O)Nc2c(C)c(-c3cnc(-c4cnoc4)nc3)nn2-c2ccccc2)[C@H](c2ccnc(F)c2)O1.